The van der Waals surface area contributed by atoms with Crippen LogP contribution in [0.5, 0.6) is 0 Å². The van der Waals surface area contributed by atoms with Crippen molar-refractivity contribution in [2.75, 3.05) is 0 Å². The molecule has 3 nitrogen and oxygen atoms in total. The van der Waals surface area contributed by atoms with E-state index in [1.807, 2.05) is 48.5 Å². The molecule has 0 heterocycles. The van der Waals surface area contributed by atoms with E-state index < -0.39 is 6.09 Å². The maximum atomic E-state index is 11.2. The number of primary amides is 1. The molecule has 0 saturated carbocycles. The molecule has 1 unspecified atom stereocenters. The second-order valence-electron chi connectivity index (χ2n) is 4.79. The first kappa shape index (κ1) is 12.5. The summed E-state index contributed by atoms with van der Waals surface area (Å²) >= 11 is 0. The quantitative estimate of drug-likeness (QED) is 0.857. The molecule has 2 aromatic carbocycles. The maximum Gasteiger partial charge on any atom is 0.405 e. The van der Waals surface area contributed by atoms with Crippen molar-refractivity contribution in [2.45, 2.75) is 12.5 Å². The van der Waals surface area contributed by atoms with Gasteiger partial charge in [0, 0.05) is 12.0 Å². The lowest BCUT2D eigenvalue weighted by Crippen LogP contribution is -2.20. The highest BCUT2D eigenvalue weighted by molar-refractivity contribution is 5.74. The van der Waals surface area contributed by atoms with Crippen LogP contribution in [0.15, 0.2) is 48.5 Å². The number of nitrogens with two attached hydrogens (primary N) is 1. The summed E-state index contributed by atoms with van der Waals surface area (Å²) in [5, 5.41) is 0. The van der Waals surface area contributed by atoms with Gasteiger partial charge in [0.15, 0.2) is 0 Å². The first-order valence-electron chi connectivity index (χ1n) is 6.55. The molecule has 3 rings (SSSR count). The number of hydrogen-bond donors (Lipinski definition) is 1. The van der Waals surface area contributed by atoms with E-state index in [4.69, 9.17) is 10.5 Å². The van der Waals surface area contributed by atoms with Gasteiger partial charge in [-0.15, -0.1) is 0 Å². The van der Waals surface area contributed by atoms with Gasteiger partial charge < -0.3 is 10.5 Å². The Morgan fingerprint density at radius 3 is 2.45 bits per heavy atom. The van der Waals surface area contributed by atoms with Crippen LogP contribution in [0.4, 0.5) is 4.79 Å². The van der Waals surface area contributed by atoms with Crippen molar-refractivity contribution in [1.82, 2.24) is 0 Å². The molecule has 100 valence electrons. The van der Waals surface area contributed by atoms with Crippen LogP contribution >= 0.6 is 0 Å². The highest BCUT2D eigenvalue weighted by Crippen LogP contribution is 2.30. The van der Waals surface area contributed by atoms with Crippen molar-refractivity contribution in [3.63, 3.8) is 0 Å². The van der Waals surface area contributed by atoms with E-state index in [1.54, 1.807) is 0 Å². The third-order valence-electron chi connectivity index (χ3n) is 3.50. The summed E-state index contributed by atoms with van der Waals surface area (Å²) in [5.41, 5.74) is 9.53. The molecule has 0 bridgehead atoms. The Morgan fingerprint density at radius 1 is 1.00 bits per heavy atom. The van der Waals surface area contributed by atoms with Crippen LogP contribution in [0, 0.1) is 0 Å². The Bertz CT molecular complexity index is 676. The van der Waals surface area contributed by atoms with Crippen LogP contribution in [-0.4, -0.2) is 6.09 Å². The smallest absolute Gasteiger partial charge is 0.405 e. The number of rotatable bonds is 1. The summed E-state index contributed by atoms with van der Waals surface area (Å²) in [6.45, 7) is 0. The zero-order valence-corrected chi connectivity index (χ0v) is 11.0. The van der Waals surface area contributed by atoms with E-state index in [2.05, 4.69) is 12.1 Å². The zero-order valence-electron chi connectivity index (χ0n) is 11.0. The molecule has 2 N–H and O–H groups in total. The molecule has 0 spiro atoms. The minimum absolute atomic E-state index is 0.352. The standard InChI is InChI=1S/C17H15NO2/c18-17(19)20-16-11-14-7-2-1-5-12(14)9-10-13-6-3-4-8-15(13)16/h1-10,16H,11H2,(H2,18,19)/b10-9-. The number of carbonyl (C=O) groups excluding carboxylic acids is 1. The molecule has 0 aromatic heterocycles. The number of benzene rings is 2. The Labute approximate surface area is 117 Å². The molecule has 2 aromatic rings. The summed E-state index contributed by atoms with van der Waals surface area (Å²) in [6.07, 6.45) is 3.67. The predicted octanol–water partition coefficient (Wildman–Crippen LogP) is 3.55. The third-order valence-corrected chi connectivity index (χ3v) is 3.50. The fourth-order valence-electron chi connectivity index (χ4n) is 2.57. The Morgan fingerprint density at radius 2 is 1.65 bits per heavy atom. The van der Waals surface area contributed by atoms with Gasteiger partial charge in [0.05, 0.1) is 0 Å². The van der Waals surface area contributed by atoms with E-state index >= 15 is 0 Å². The molecule has 1 amide bonds. The van der Waals surface area contributed by atoms with Gasteiger partial charge in [0.1, 0.15) is 6.10 Å². The fraction of sp³-hybridized carbons (Fsp3) is 0.118. The van der Waals surface area contributed by atoms with Crippen LogP contribution < -0.4 is 5.73 Å². The summed E-state index contributed by atoms with van der Waals surface area (Å²) in [4.78, 5) is 11.2. The van der Waals surface area contributed by atoms with Crippen molar-refractivity contribution in [2.24, 2.45) is 5.73 Å². The molecule has 1 aliphatic carbocycles. The average Bonchev–Trinajstić information content (AvgIpc) is 2.43. The summed E-state index contributed by atoms with van der Waals surface area (Å²) < 4.78 is 5.32. The van der Waals surface area contributed by atoms with Crippen molar-refractivity contribution < 1.29 is 9.53 Å². The first-order valence-corrected chi connectivity index (χ1v) is 6.55. The SMILES string of the molecule is NC(=O)OC1Cc2ccccc2/C=C\c2ccccc21. The van der Waals surface area contributed by atoms with E-state index in [0.717, 1.165) is 22.3 Å². The molecule has 1 aliphatic rings. The van der Waals surface area contributed by atoms with Crippen molar-refractivity contribution in [3.05, 3.63) is 70.8 Å². The van der Waals surface area contributed by atoms with Gasteiger partial charge in [-0.2, -0.15) is 0 Å². The Hall–Kier alpha value is -2.55. The monoisotopic (exact) mass is 265 g/mol. The van der Waals surface area contributed by atoms with Gasteiger partial charge in [-0.3, -0.25) is 0 Å². The molecule has 0 radical (unpaired) electrons. The van der Waals surface area contributed by atoms with Gasteiger partial charge in [-0.05, 0) is 16.7 Å². The van der Waals surface area contributed by atoms with Crippen LogP contribution in [0.1, 0.15) is 28.4 Å². The Balaban J connectivity index is 2.11. The predicted molar refractivity (Wildman–Crippen MR) is 78.9 cm³/mol. The zero-order chi connectivity index (χ0) is 13.9. The van der Waals surface area contributed by atoms with Gasteiger partial charge in [0.25, 0.3) is 0 Å². The minimum Gasteiger partial charge on any atom is -0.441 e. The number of ether oxygens (including phenoxy) is 1. The number of fused-ring (bicyclic) bond motifs is 2. The topological polar surface area (TPSA) is 52.3 Å². The van der Waals surface area contributed by atoms with Crippen LogP contribution in [0.2, 0.25) is 0 Å². The molecular weight excluding hydrogens is 250 g/mol. The highest BCUT2D eigenvalue weighted by Gasteiger charge is 2.20. The molecule has 3 heteroatoms. The van der Waals surface area contributed by atoms with E-state index in [1.165, 1.54) is 0 Å². The second-order valence-corrected chi connectivity index (χ2v) is 4.79. The summed E-state index contributed by atoms with van der Waals surface area (Å²) in [5.74, 6) is 0. The van der Waals surface area contributed by atoms with Gasteiger partial charge >= 0.3 is 6.09 Å². The van der Waals surface area contributed by atoms with Crippen LogP contribution in [0.3, 0.4) is 0 Å². The molecule has 0 aliphatic heterocycles. The van der Waals surface area contributed by atoms with Gasteiger partial charge in [-0.1, -0.05) is 60.7 Å². The molecule has 1 atom stereocenters. The number of amides is 1. The Kier molecular flexibility index (Phi) is 3.25. The van der Waals surface area contributed by atoms with Gasteiger partial charge in [-0.25, -0.2) is 4.79 Å². The van der Waals surface area contributed by atoms with Gasteiger partial charge in [0.2, 0.25) is 0 Å². The maximum absolute atomic E-state index is 11.2. The average molecular weight is 265 g/mol. The lowest BCUT2D eigenvalue weighted by molar-refractivity contribution is 0.106. The van der Waals surface area contributed by atoms with Crippen LogP contribution in [-0.2, 0) is 11.2 Å². The first-order chi connectivity index (χ1) is 9.74. The normalized spacial score (nSPS) is 18.1. The lowest BCUT2D eigenvalue weighted by atomic mass is 9.91. The molecule has 0 fully saturated rings. The third kappa shape index (κ3) is 2.43. The second kappa shape index (κ2) is 5.21. The molecular formula is C17H15NO2. The van der Waals surface area contributed by atoms with E-state index in [9.17, 15) is 4.79 Å². The van der Waals surface area contributed by atoms with E-state index in [0.29, 0.717) is 6.42 Å². The summed E-state index contributed by atoms with van der Waals surface area (Å²) in [7, 11) is 0. The fourth-order valence-corrected chi connectivity index (χ4v) is 2.57. The lowest BCUT2D eigenvalue weighted by Gasteiger charge is -2.22. The van der Waals surface area contributed by atoms with E-state index in [-0.39, 0.29) is 6.10 Å². The largest absolute Gasteiger partial charge is 0.441 e. The van der Waals surface area contributed by atoms with Crippen molar-refractivity contribution >= 4 is 18.2 Å². The van der Waals surface area contributed by atoms with Crippen molar-refractivity contribution in [1.29, 1.82) is 0 Å². The molecule has 20 heavy (non-hydrogen) atoms. The summed E-state index contributed by atoms with van der Waals surface area (Å²) in [6, 6.07) is 16.0. The van der Waals surface area contributed by atoms with Crippen molar-refractivity contribution in [3.8, 4) is 0 Å². The highest BCUT2D eigenvalue weighted by atomic mass is 16.6. The van der Waals surface area contributed by atoms with Crippen LogP contribution in [0.25, 0.3) is 12.2 Å². The minimum atomic E-state index is -0.744. The molecule has 0 saturated heterocycles. The number of hydrogen-bond acceptors (Lipinski definition) is 2. The number of carbonyl (C=O) groups is 1.